The molecule has 22 heavy (non-hydrogen) atoms. The van der Waals surface area contributed by atoms with Gasteiger partial charge in [0, 0.05) is 6.04 Å². The molecule has 118 valence electrons. The van der Waals surface area contributed by atoms with E-state index in [4.69, 9.17) is 15.2 Å². The second-order valence-electron chi connectivity index (χ2n) is 5.25. The number of hydrogen-bond donors (Lipinski definition) is 1. The Morgan fingerprint density at radius 3 is 1.59 bits per heavy atom. The van der Waals surface area contributed by atoms with Crippen molar-refractivity contribution >= 4 is 0 Å². The summed E-state index contributed by atoms with van der Waals surface area (Å²) in [5, 5.41) is 0. The van der Waals surface area contributed by atoms with Crippen LogP contribution in [0.2, 0.25) is 0 Å². The van der Waals surface area contributed by atoms with E-state index in [0.29, 0.717) is 13.2 Å². The Kier molecular flexibility index (Phi) is 6.28. The molecule has 0 unspecified atom stereocenters. The molecule has 2 aromatic carbocycles. The topological polar surface area (TPSA) is 44.5 Å². The molecule has 2 N–H and O–H groups in total. The average molecular weight is 299 g/mol. The third-order valence-electron chi connectivity index (χ3n) is 3.51. The van der Waals surface area contributed by atoms with Crippen LogP contribution in [0.3, 0.4) is 0 Å². The van der Waals surface area contributed by atoms with Gasteiger partial charge in [0.15, 0.2) is 0 Å². The van der Waals surface area contributed by atoms with Crippen molar-refractivity contribution in [3.05, 3.63) is 59.7 Å². The molecule has 2 rings (SSSR count). The van der Waals surface area contributed by atoms with Crippen molar-refractivity contribution in [3.8, 4) is 11.5 Å². The Balaban J connectivity index is 2.06. The van der Waals surface area contributed by atoms with Crippen molar-refractivity contribution in [1.29, 1.82) is 0 Å². The van der Waals surface area contributed by atoms with Crippen LogP contribution in [-0.4, -0.2) is 19.3 Å². The molecule has 0 amide bonds. The normalized spacial score (nSPS) is 10.7. The minimum absolute atomic E-state index is 0.0308. The fourth-order valence-electron chi connectivity index (χ4n) is 2.57. The summed E-state index contributed by atoms with van der Waals surface area (Å²) < 4.78 is 11.3. The number of benzene rings is 2. The Labute approximate surface area is 133 Å². The highest BCUT2D eigenvalue weighted by Gasteiger charge is 2.12. The number of ether oxygens (including phenoxy) is 2. The molecule has 0 saturated carbocycles. The van der Waals surface area contributed by atoms with Crippen LogP contribution < -0.4 is 15.2 Å². The summed E-state index contributed by atoms with van der Waals surface area (Å²) in [7, 11) is 0. The van der Waals surface area contributed by atoms with E-state index in [1.807, 2.05) is 50.2 Å². The molecule has 0 bridgehead atoms. The van der Waals surface area contributed by atoms with E-state index < -0.39 is 0 Å². The van der Waals surface area contributed by atoms with E-state index in [9.17, 15) is 0 Å². The van der Waals surface area contributed by atoms with Gasteiger partial charge in [-0.25, -0.2) is 0 Å². The van der Waals surface area contributed by atoms with E-state index in [0.717, 1.165) is 35.5 Å². The van der Waals surface area contributed by atoms with Crippen LogP contribution in [0.25, 0.3) is 0 Å². The van der Waals surface area contributed by atoms with Crippen LogP contribution in [0.5, 0.6) is 11.5 Å². The third kappa shape index (κ3) is 4.50. The first-order chi connectivity index (χ1) is 10.7. The van der Waals surface area contributed by atoms with E-state index in [2.05, 4.69) is 12.1 Å². The highest BCUT2D eigenvalue weighted by molar-refractivity contribution is 5.36. The van der Waals surface area contributed by atoms with E-state index in [1.165, 1.54) is 0 Å². The van der Waals surface area contributed by atoms with Crippen molar-refractivity contribution in [2.45, 2.75) is 32.7 Å². The molecule has 0 aliphatic heterocycles. The molecule has 0 aromatic heterocycles. The SMILES string of the molecule is CCOc1ccccc1CC(N)Cc1ccccc1OCC. The zero-order chi connectivity index (χ0) is 15.8. The van der Waals surface area contributed by atoms with Crippen LogP contribution in [0, 0.1) is 0 Å². The van der Waals surface area contributed by atoms with Gasteiger partial charge in [0.2, 0.25) is 0 Å². The van der Waals surface area contributed by atoms with Crippen molar-refractivity contribution < 1.29 is 9.47 Å². The lowest BCUT2D eigenvalue weighted by atomic mass is 9.98. The molecule has 0 atom stereocenters. The van der Waals surface area contributed by atoms with Gasteiger partial charge >= 0.3 is 0 Å². The van der Waals surface area contributed by atoms with Gasteiger partial charge in [-0.15, -0.1) is 0 Å². The maximum Gasteiger partial charge on any atom is 0.122 e. The Hall–Kier alpha value is -2.00. The molecule has 3 nitrogen and oxygen atoms in total. The molecule has 0 aliphatic carbocycles. The highest BCUT2D eigenvalue weighted by atomic mass is 16.5. The molecular formula is C19H25NO2. The second-order valence-corrected chi connectivity index (χ2v) is 5.25. The van der Waals surface area contributed by atoms with Crippen molar-refractivity contribution in [1.82, 2.24) is 0 Å². The monoisotopic (exact) mass is 299 g/mol. The Bertz CT molecular complexity index is 532. The predicted molar refractivity (Wildman–Crippen MR) is 90.6 cm³/mol. The molecule has 0 saturated heterocycles. The number of hydrogen-bond acceptors (Lipinski definition) is 3. The highest BCUT2D eigenvalue weighted by Crippen LogP contribution is 2.23. The first kappa shape index (κ1) is 16.4. The number of para-hydroxylation sites is 2. The zero-order valence-corrected chi connectivity index (χ0v) is 13.4. The lowest BCUT2D eigenvalue weighted by Crippen LogP contribution is -2.26. The fraction of sp³-hybridized carbons (Fsp3) is 0.368. The van der Waals surface area contributed by atoms with Gasteiger partial charge in [-0.05, 0) is 49.9 Å². The van der Waals surface area contributed by atoms with E-state index >= 15 is 0 Å². The minimum atomic E-state index is 0.0308. The van der Waals surface area contributed by atoms with Gasteiger partial charge < -0.3 is 15.2 Å². The molecule has 2 aromatic rings. The van der Waals surface area contributed by atoms with Crippen molar-refractivity contribution in [2.75, 3.05) is 13.2 Å². The van der Waals surface area contributed by atoms with Gasteiger partial charge in [-0.3, -0.25) is 0 Å². The lowest BCUT2D eigenvalue weighted by Gasteiger charge is -2.17. The molecular weight excluding hydrogens is 274 g/mol. The molecule has 0 heterocycles. The van der Waals surface area contributed by atoms with Gasteiger partial charge in [0.25, 0.3) is 0 Å². The van der Waals surface area contributed by atoms with Crippen LogP contribution >= 0.6 is 0 Å². The minimum Gasteiger partial charge on any atom is -0.494 e. The smallest absolute Gasteiger partial charge is 0.122 e. The van der Waals surface area contributed by atoms with Gasteiger partial charge in [0.1, 0.15) is 11.5 Å². The van der Waals surface area contributed by atoms with Crippen LogP contribution in [0.1, 0.15) is 25.0 Å². The zero-order valence-electron chi connectivity index (χ0n) is 13.4. The molecule has 0 aliphatic rings. The summed E-state index contributed by atoms with van der Waals surface area (Å²) in [6, 6.07) is 16.2. The molecule has 0 radical (unpaired) electrons. The summed E-state index contributed by atoms with van der Waals surface area (Å²) in [6.07, 6.45) is 1.58. The summed E-state index contributed by atoms with van der Waals surface area (Å²) >= 11 is 0. The quantitative estimate of drug-likeness (QED) is 0.810. The maximum absolute atomic E-state index is 6.36. The Morgan fingerprint density at radius 1 is 0.773 bits per heavy atom. The van der Waals surface area contributed by atoms with E-state index in [-0.39, 0.29) is 6.04 Å². The predicted octanol–water partition coefficient (Wildman–Crippen LogP) is 3.60. The lowest BCUT2D eigenvalue weighted by molar-refractivity contribution is 0.333. The number of nitrogens with two attached hydrogens (primary N) is 1. The first-order valence-corrected chi connectivity index (χ1v) is 7.91. The first-order valence-electron chi connectivity index (χ1n) is 7.91. The third-order valence-corrected chi connectivity index (χ3v) is 3.51. The molecule has 0 fully saturated rings. The van der Waals surface area contributed by atoms with Gasteiger partial charge in [0.05, 0.1) is 13.2 Å². The summed E-state index contributed by atoms with van der Waals surface area (Å²) in [5.41, 5.74) is 8.67. The largest absolute Gasteiger partial charge is 0.494 e. The fourth-order valence-corrected chi connectivity index (χ4v) is 2.57. The standard InChI is InChI=1S/C19H25NO2/c1-3-21-18-11-7-5-9-15(18)13-17(20)14-16-10-6-8-12-19(16)22-4-2/h5-12,17H,3-4,13-14,20H2,1-2H3. The van der Waals surface area contributed by atoms with Gasteiger partial charge in [-0.2, -0.15) is 0 Å². The van der Waals surface area contributed by atoms with Crippen LogP contribution in [-0.2, 0) is 12.8 Å². The maximum atomic E-state index is 6.36. The van der Waals surface area contributed by atoms with E-state index in [1.54, 1.807) is 0 Å². The van der Waals surface area contributed by atoms with Crippen LogP contribution in [0.15, 0.2) is 48.5 Å². The summed E-state index contributed by atoms with van der Waals surface area (Å²) in [4.78, 5) is 0. The average Bonchev–Trinajstić information content (AvgIpc) is 2.52. The van der Waals surface area contributed by atoms with Crippen LogP contribution in [0.4, 0.5) is 0 Å². The second kappa shape index (κ2) is 8.44. The Morgan fingerprint density at radius 2 is 1.18 bits per heavy atom. The van der Waals surface area contributed by atoms with Crippen molar-refractivity contribution in [2.24, 2.45) is 5.73 Å². The molecule has 3 heteroatoms. The summed E-state index contributed by atoms with van der Waals surface area (Å²) in [6.45, 7) is 5.32. The van der Waals surface area contributed by atoms with Crippen molar-refractivity contribution in [3.63, 3.8) is 0 Å². The molecule has 0 spiro atoms. The van der Waals surface area contributed by atoms with Gasteiger partial charge in [-0.1, -0.05) is 36.4 Å². The number of rotatable bonds is 8. The summed E-state index contributed by atoms with van der Waals surface area (Å²) in [5.74, 6) is 1.86.